The summed E-state index contributed by atoms with van der Waals surface area (Å²) in [7, 11) is 0. The summed E-state index contributed by atoms with van der Waals surface area (Å²) in [6.45, 7) is 20.4. The Hall–Kier alpha value is -1.71. The van der Waals surface area contributed by atoms with Crippen molar-refractivity contribution in [2.45, 2.75) is 139 Å². The molecule has 4 heteroatoms. The Kier molecular flexibility index (Phi) is 12.1. The second-order valence-corrected chi connectivity index (χ2v) is 12.3. The van der Waals surface area contributed by atoms with Gasteiger partial charge < -0.3 is 14.8 Å². The zero-order valence-corrected chi connectivity index (χ0v) is 24.9. The molecule has 0 saturated heterocycles. The summed E-state index contributed by atoms with van der Waals surface area (Å²) in [4.78, 5) is 12.1. The summed E-state index contributed by atoms with van der Waals surface area (Å²) in [6.07, 6.45) is 13.4. The predicted octanol–water partition coefficient (Wildman–Crippen LogP) is 9.24. The van der Waals surface area contributed by atoms with Gasteiger partial charge in [-0.05, 0) is 94.7 Å². The van der Waals surface area contributed by atoms with Gasteiger partial charge in [-0.15, -0.1) is 0 Å². The molecular weight excluding hydrogens is 446 g/mol. The molecule has 0 bridgehead atoms. The van der Waals surface area contributed by atoms with Gasteiger partial charge in [-0.25, -0.2) is 4.79 Å². The van der Waals surface area contributed by atoms with E-state index in [4.69, 9.17) is 9.47 Å². The lowest BCUT2D eigenvalue weighted by atomic mass is 9.83. The predicted molar refractivity (Wildman–Crippen MR) is 152 cm³/mol. The molecule has 0 saturated carbocycles. The van der Waals surface area contributed by atoms with E-state index in [1.165, 1.54) is 56.9 Å². The van der Waals surface area contributed by atoms with E-state index in [1.807, 2.05) is 13.8 Å². The van der Waals surface area contributed by atoms with E-state index >= 15 is 0 Å². The molecule has 0 fully saturated rings. The Morgan fingerprint density at radius 1 is 0.917 bits per heavy atom. The maximum absolute atomic E-state index is 12.1. The minimum atomic E-state index is -0.390. The summed E-state index contributed by atoms with van der Waals surface area (Å²) in [6, 6.07) is 0. The molecule has 0 aliphatic carbocycles. The Labute approximate surface area is 222 Å². The van der Waals surface area contributed by atoms with Gasteiger partial charge in [-0.2, -0.15) is 0 Å². The normalized spacial score (nSPS) is 18.9. The van der Waals surface area contributed by atoms with E-state index in [-0.39, 0.29) is 11.7 Å². The van der Waals surface area contributed by atoms with Gasteiger partial charge in [0, 0.05) is 12.1 Å². The topological polar surface area (TPSA) is 47.6 Å². The molecule has 0 aromatic heterocycles. The van der Waals surface area contributed by atoms with Gasteiger partial charge in [0.25, 0.3) is 0 Å². The van der Waals surface area contributed by atoms with Crippen LogP contribution >= 0.6 is 0 Å². The van der Waals surface area contributed by atoms with Gasteiger partial charge in [-0.1, -0.05) is 72.6 Å². The van der Waals surface area contributed by atoms with E-state index in [0.717, 1.165) is 59.5 Å². The quantitative estimate of drug-likeness (QED) is 0.276. The Morgan fingerprint density at radius 3 is 2.08 bits per heavy atom. The fourth-order valence-electron chi connectivity index (χ4n) is 5.69. The van der Waals surface area contributed by atoms with E-state index in [0.29, 0.717) is 12.3 Å². The molecule has 1 N–H and O–H groups in total. The van der Waals surface area contributed by atoms with Gasteiger partial charge >= 0.3 is 6.09 Å². The lowest BCUT2D eigenvalue weighted by Gasteiger charge is -2.38. The summed E-state index contributed by atoms with van der Waals surface area (Å²) >= 11 is 0. The first-order valence-corrected chi connectivity index (χ1v) is 14.7. The molecule has 0 unspecified atom stereocenters. The lowest BCUT2D eigenvalue weighted by Crippen LogP contribution is -2.37. The van der Waals surface area contributed by atoms with Crippen molar-refractivity contribution in [1.82, 2.24) is 5.32 Å². The number of nitrogens with one attached hydrogen (secondary N) is 1. The van der Waals surface area contributed by atoms with Crippen LogP contribution in [0.4, 0.5) is 4.79 Å². The van der Waals surface area contributed by atoms with Crippen molar-refractivity contribution in [3.63, 3.8) is 0 Å². The number of hydrogen-bond acceptors (Lipinski definition) is 3. The Balaban J connectivity index is 1.85. The first kappa shape index (κ1) is 30.5. The van der Waals surface area contributed by atoms with Crippen molar-refractivity contribution in [3.8, 4) is 11.5 Å². The molecule has 1 aromatic rings. The van der Waals surface area contributed by atoms with E-state index in [9.17, 15) is 4.79 Å². The Bertz CT molecular complexity index is 847. The number of fused-ring (bicyclic) bond motifs is 1. The lowest BCUT2D eigenvalue weighted by molar-refractivity contribution is 0.0511. The molecule has 4 nitrogen and oxygen atoms in total. The zero-order chi connectivity index (χ0) is 26.9. The van der Waals surface area contributed by atoms with Gasteiger partial charge in [0.05, 0.1) is 0 Å². The van der Waals surface area contributed by atoms with Crippen molar-refractivity contribution in [2.75, 3.05) is 6.54 Å². The fraction of sp³-hybridized carbons (Fsp3) is 0.781. The van der Waals surface area contributed by atoms with E-state index in [1.54, 1.807) is 0 Å². The third-order valence-corrected chi connectivity index (χ3v) is 8.35. The molecule has 1 amide bonds. The molecule has 3 atom stereocenters. The zero-order valence-electron chi connectivity index (χ0n) is 24.9. The van der Waals surface area contributed by atoms with Crippen LogP contribution in [0, 0.1) is 38.5 Å². The maximum atomic E-state index is 12.1. The SMILES string of the molecule is CCNC(=O)Oc1c(C)c(C)c2c(c1C)CC[C@@](C)(CCC[C@H](C)CCC[C@H](C)CCCC(C)C)O2. The van der Waals surface area contributed by atoms with E-state index < -0.39 is 0 Å². The minimum absolute atomic E-state index is 0.122. The minimum Gasteiger partial charge on any atom is -0.487 e. The van der Waals surface area contributed by atoms with Crippen LogP contribution in [0.2, 0.25) is 0 Å². The second kappa shape index (κ2) is 14.3. The highest BCUT2D eigenvalue weighted by Crippen LogP contribution is 2.45. The molecular formula is C32H55NO3. The molecule has 1 aliphatic rings. The second-order valence-electron chi connectivity index (χ2n) is 12.3. The van der Waals surface area contributed by atoms with Gasteiger partial charge in [-0.3, -0.25) is 0 Å². The summed E-state index contributed by atoms with van der Waals surface area (Å²) in [5, 5.41) is 2.73. The third kappa shape index (κ3) is 8.99. The molecule has 2 rings (SSSR count). The van der Waals surface area contributed by atoms with Crippen molar-refractivity contribution >= 4 is 6.09 Å². The van der Waals surface area contributed by atoms with Crippen LogP contribution < -0.4 is 14.8 Å². The van der Waals surface area contributed by atoms with Crippen LogP contribution in [-0.4, -0.2) is 18.2 Å². The van der Waals surface area contributed by atoms with Gasteiger partial charge in [0.15, 0.2) is 0 Å². The van der Waals surface area contributed by atoms with Crippen LogP contribution in [0.5, 0.6) is 11.5 Å². The monoisotopic (exact) mass is 501 g/mol. The van der Waals surface area contributed by atoms with Crippen molar-refractivity contribution in [3.05, 3.63) is 22.3 Å². The number of amides is 1. The van der Waals surface area contributed by atoms with Crippen molar-refractivity contribution in [1.29, 1.82) is 0 Å². The molecule has 1 aromatic carbocycles. The van der Waals surface area contributed by atoms with Crippen LogP contribution in [0.3, 0.4) is 0 Å². The number of benzene rings is 1. The first-order valence-electron chi connectivity index (χ1n) is 14.7. The highest BCUT2D eigenvalue weighted by atomic mass is 16.6. The van der Waals surface area contributed by atoms with Crippen LogP contribution in [-0.2, 0) is 6.42 Å². The van der Waals surface area contributed by atoms with Gasteiger partial charge in [0.1, 0.15) is 17.1 Å². The molecule has 1 heterocycles. The van der Waals surface area contributed by atoms with Crippen molar-refractivity contribution in [2.24, 2.45) is 17.8 Å². The fourth-order valence-corrected chi connectivity index (χ4v) is 5.69. The average molecular weight is 502 g/mol. The van der Waals surface area contributed by atoms with Crippen molar-refractivity contribution < 1.29 is 14.3 Å². The van der Waals surface area contributed by atoms with Crippen LogP contribution in [0.15, 0.2) is 0 Å². The van der Waals surface area contributed by atoms with Gasteiger partial charge in [0.2, 0.25) is 0 Å². The number of ether oxygens (including phenoxy) is 2. The summed E-state index contributed by atoms with van der Waals surface area (Å²) < 4.78 is 12.4. The Morgan fingerprint density at radius 2 is 1.50 bits per heavy atom. The molecule has 1 aliphatic heterocycles. The third-order valence-electron chi connectivity index (χ3n) is 8.35. The van der Waals surface area contributed by atoms with Crippen LogP contribution in [0.1, 0.15) is 128 Å². The number of hydrogen-bond donors (Lipinski definition) is 1. The number of carbonyl (C=O) groups is 1. The summed E-state index contributed by atoms with van der Waals surface area (Å²) in [5.41, 5.74) is 4.20. The molecule has 36 heavy (non-hydrogen) atoms. The average Bonchev–Trinajstić information content (AvgIpc) is 2.80. The first-order chi connectivity index (χ1) is 17.0. The molecule has 0 spiro atoms. The number of carbonyl (C=O) groups excluding carboxylic acids is 1. The smallest absolute Gasteiger partial charge is 0.412 e. The number of rotatable bonds is 14. The standard InChI is InChI=1S/C32H55NO3/c1-10-33-31(34)35-29-25(6)26(7)30-28(27(29)8)19-21-32(9,36-30)20-13-18-24(5)17-12-16-23(4)15-11-14-22(2)3/h22-24H,10-21H2,1-9H3,(H,33,34)/t23-,24-,32-/m1/s1. The molecule has 206 valence electrons. The highest BCUT2D eigenvalue weighted by Gasteiger charge is 2.34. The largest absolute Gasteiger partial charge is 0.487 e. The van der Waals surface area contributed by atoms with Crippen LogP contribution in [0.25, 0.3) is 0 Å². The molecule has 0 radical (unpaired) electrons. The maximum Gasteiger partial charge on any atom is 0.412 e. The highest BCUT2D eigenvalue weighted by molar-refractivity contribution is 5.73. The van der Waals surface area contributed by atoms with E-state index in [2.05, 4.69) is 53.8 Å². The summed E-state index contributed by atoms with van der Waals surface area (Å²) in [5.74, 6) is 4.19.